The molecule has 116 valence electrons. The molecule has 0 aliphatic carbocycles. The second-order valence-electron chi connectivity index (χ2n) is 5.27. The molecule has 0 saturated heterocycles. The number of aryl methyl sites for hydroxylation is 2. The Morgan fingerprint density at radius 2 is 2.00 bits per heavy atom. The first-order valence-corrected chi connectivity index (χ1v) is 7.55. The van der Waals surface area contributed by atoms with E-state index in [1.807, 2.05) is 6.07 Å². The number of hydrogen-bond acceptors (Lipinski definition) is 3. The van der Waals surface area contributed by atoms with Crippen molar-refractivity contribution in [2.24, 2.45) is 0 Å². The molecule has 22 heavy (non-hydrogen) atoms. The summed E-state index contributed by atoms with van der Waals surface area (Å²) in [5.74, 6) is 0.577. The lowest BCUT2D eigenvalue weighted by atomic mass is 10.0. The fourth-order valence-corrected chi connectivity index (χ4v) is 2.54. The van der Waals surface area contributed by atoms with E-state index < -0.39 is 0 Å². The summed E-state index contributed by atoms with van der Waals surface area (Å²) in [5.41, 5.74) is 4.57. The van der Waals surface area contributed by atoms with Crippen LogP contribution in [0.3, 0.4) is 0 Å². The third-order valence-corrected chi connectivity index (χ3v) is 3.67. The molecule has 0 radical (unpaired) electrons. The molecule has 1 aromatic carbocycles. The van der Waals surface area contributed by atoms with Crippen LogP contribution >= 0.6 is 12.2 Å². The standard InChI is InChI=1S/C17H21N3OS/c1-11-5-6-12(2)15(9-11)13(3)19-17(22)20-14-7-8-16(21-4)18-10-14/h5-10,13H,1-4H3,(H2,19,20,22)/t13-/m0/s1. The Kier molecular flexibility index (Phi) is 5.33. The van der Waals surface area contributed by atoms with E-state index in [-0.39, 0.29) is 6.04 Å². The van der Waals surface area contributed by atoms with E-state index in [1.165, 1.54) is 16.7 Å². The van der Waals surface area contributed by atoms with E-state index in [9.17, 15) is 0 Å². The van der Waals surface area contributed by atoms with Gasteiger partial charge >= 0.3 is 0 Å². The molecular weight excluding hydrogens is 294 g/mol. The van der Waals surface area contributed by atoms with E-state index in [4.69, 9.17) is 17.0 Å². The van der Waals surface area contributed by atoms with E-state index >= 15 is 0 Å². The van der Waals surface area contributed by atoms with Crippen LogP contribution < -0.4 is 15.4 Å². The number of rotatable bonds is 4. The monoisotopic (exact) mass is 315 g/mol. The predicted octanol–water partition coefficient (Wildman–Crippen LogP) is 3.75. The maximum Gasteiger partial charge on any atom is 0.213 e. The summed E-state index contributed by atoms with van der Waals surface area (Å²) in [6.45, 7) is 6.30. The Morgan fingerprint density at radius 1 is 1.23 bits per heavy atom. The summed E-state index contributed by atoms with van der Waals surface area (Å²) >= 11 is 5.37. The summed E-state index contributed by atoms with van der Waals surface area (Å²) in [7, 11) is 1.59. The minimum Gasteiger partial charge on any atom is -0.481 e. The highest BCUT2D eigenvalue weighted by molar-refractivity contribution is 7.80. The topological polar surface area (TPSA) is 46.2 Å². The Balaban J connectivity index is 2.00. The number of nitrogens with one attached hydrogen (secondary N) is 2. The molecule has 0 spiro atoms. The van der Waals surface area contributed by atoms with Gasteiger partial charge in [-0.05, 0) is 50.2 Å². The van der Waals surface area contributed by atoms with Gasteiger partial charge in [0.2, 0.25) is 5.88 Å². The SMILES string of the molecule is COc1ccc(NC(=S)N[C@@H](C)c2cc(C)ccc2C)cn1. The third-order valence-electron chi connectivity index (χ3n) is 3.45. The molecule has 2 rings (SSSR count). The Hall–Kier alpha value is -2.14. The maximum atomic E-state index is 5.37. The number of ether oxygens (including phenoxy) is 1. The molecule has 4 nitrogen and oxygen atoms in total. The number of aromatic nitrogens is 1. The number of thiocarbonyl (C=S) groups is 1. The van der Waals surface area contributed by atoms with Gasteiger partial charge in [0.25, 0.3) is 0 Å². The summed E-state index contributed by atoms with van der Waals surface area (Å²) in [6, 6.07) is 10.2. The molecule has 1 atom stereocenters. The first kappa shape index (κ1) is 16.2. The van der Waals surface area contributed by atoms with Crippen molar-refractivity contribution >= 4 is 23.0 Å². The number of hydrogen-bond donors (Lipinski definition) is 2. The van der Waals surface area contributed by atoms with Gasteiger partial charge in [-0.2, -0.15) is 0 Å². The van der Waals surface area contributed by atoms with Gasteiger partial charge in [0, 0.05) is 6.07 Å². The highest BCUT2D eigenvalue weighted by Crippen LogP contribution is 2.19. The highest BCUT2D eigenvalue weighted by Gasteiger charge is 2.10. The first-order chi connectivity index (χ1) is 10.5. The van der Waals surface area contributed by atoms with Crippen LogP contribution in [0.2, 0.25) is 0 Å². The van der Waals surface area contributed by atoms with Crippen LogP contribution in [-0.4, -0.2) is 17.2 Å². The van der Waals surface area contributed by atoms with Gasteiger partial charge in [-0.3, -0.25) is 0 Å². The largest absolute Gasteiger partial charge is 0.481 e. The predicted molar refractivity (Wildman–Crippen MR) is 94.5 cm³/mol. The average molecular weight is 315 g/mol. The van der Waals surface area contributed by atoms with E-state index in [1.54, 1.807) is 19.4 Å². The molecule has 1 heterocycles. The van der Waals surface area contributed by atoms with Crippen molar-refractivity contribution in [1.82, 2.24) is 10.3 Å². The van der Waals surface area contributed by atoms with Crippen molar-refractivity contribution in [3.63, 3.8) is 0 Å². The van der Waals surface area contributed by atoms with E-state index in [0.29, 0.717) is 11.0 Å². The molecular formula is C17H21N3OS. The molecule has 0 fully saturated rings. The van der Waals surface area contributed by atoms with Crippen molar-refractivity contribution in [2.45, 2.75) is 26.8 Å². The van der Waals surface area contributed by atoms with Gasteiger partial charge in [0.1, 0.15) is 0 Å². The van der Waals surface area contributed by atoms with Gasteiger partial charge < -0.3 is 15.4 Å². The van der Waals surface area contributed by atoms with Gasteiger partial charge in [-0.15, -0.1) is 0 Å². The van der Waals surface area contributed by atoms with Crippen LogP contribution in [-0.2, 0) is 0 Å². The molecule has 0 aliphatic rings. The van der Waals surface area contributed by atoms with Crippen molar-refractivity contribution < 1.29 is 4.74 Å². The van der Waals surface area contributed by atoms with Crippen molar-refractivity contribution in [3.05, 3.63) is 53.2 Å². The van der Waals surface area contributed by atoms with E-state index in [0.717, 1.165) is 5.69 Å². The lowest BCUT2D eigenvalue weighted by Gasteiger charge is -2.19. The molecule has 2 N–H and O–H groups in total. The summed E-state index contributed by atoms with van der Waals surface area (Å²) in [4.78, 5) is 4.14. The van der Waals surface area contributed by atoms with Crippen LogP contribution in [0.4, 0.5) is 5.69 Å². The number of benzene rings is 1. The minimum atomic E-state index is 0.131. The molecule has 0 aliphatic heterocycles. The van der Waals surface area contributed by atoms with Crippen molar-refractivity contribution in [1.29, 1.82) is 0 Å². The molecule has 0 unspecified atom stereocenters. The van der Waals surface area contributed by atoms with Crippen LogP contribution in [0.1, 0.15) is 29.7 Å². The van der Waals surface area contributed by atoms with Gasteiger partial charge in [-0.1, -0.05) is 23.8 Å². The van der Waals surface area contributed by atoms with E-state index in [2.05, 4.69) is 54.6 Å². The quantitative estimate of drug-likeness (QED) is 0.841. The molecule has 5 heteroatoms. The van der Waals surface area contributed by atoms with Crippen LogP contribution in [0, 0.1) is 13.8 Å². The summed E-state index contributed by atoms with van der Waals surface area (Å²) < 4.78 is 5.03. The zero-order valence-corrected chi connectivity index (χ0v) is 14.1. The fourth-order valence-electron chi connectivity index (χ4n) is 2.24. The normalized spacial score (nSPS) is 11.6. The number of anilines is 1. The van der Waals surface area contributed by atoms with Gasteiger partial charge in [-0.25, -0.2) is 4.98 Å². The Labute approximate surface area is 136 Å². The first-order valence-electron chi connectivity index (χ1n) is 7.14. The average Bonchev–Trinajstić information content (AvgIpc) is 2.50. The molecule has 0 saturated carbocycles. The highest BCUT2D eigenvalue weighted by atomic mass is 32.1. The number of nitrogens with zero attached hydrogens (tertiary/aromatic N) is 1. The molecule has 2 aromatic rings. The second kappa shape index (κ2) is 7.22. The van der Waals surface area contributed by atoms with Crippen LogP contribution in [0.5, 0.6) is 5.88 Å². The van der Waals surface area contributed by atoms with Gasteiger partial charge in [0.05, 0.1) is 25.0 Å². The molecule has 0 bridgehead atoms. The zero-order valence-electron chi connectivity index (χ0n) is 13.3. The minimum absolute atomic E-state index is 0.131. The second-order valence-corrected chi connectivity index (χ2v) is 5.68. The van der Waals surface area contributed by atoms with Crippen LogP contribution in [0.25, 0.3) is 0 Å². The summed E-state index contributed by atoms with van der Waals surface area (Å²) in [5, 5.41) is 7.00. The zero-order chi connectivity index (χ0) is 16.1. The number of methoxy groups -OCH3 is 1. The smallest absolute Gasteiger partial charge is 0.213 e. The molecule has 1 aromatic heterocycles. The third kappa shape index (κ3) is 4.18. The maximum absolute atomic E-state index is 5.37. The van der Waals surface area contributed by atoms with Crippen molar-refractivity contribution in [2.75, 3.05) is 12.4 Å². The number of pyridine rings is 1. The lowest BCUT2D eigenvalue weighted by Crippen LogP contribution is -2.31. The fraction of sp³-hybridized carbons (Fsp3) is 0.294. The molecule has 0 amide bonds. The van der Waals surface area contributed by atoms with Gasteiger partial charge in [0.15, 0.2) is 5.11 Å². The summed E-state index contributed by atoms with van der Waals surface area (Å²) in [6.07, 6.45) is 1.69. The van der Waals surface area contributed by atoms with Crippen molar-refractivity contribution in [3.8, 4) is 5.88 Å². The Bertz CT molecular complexity index is 655. The Morgan fingerprint density at radius 3 is 2.64 bits per heavy atom. The lowest BCUT2D eigenvalue weighted by molar-refractivity contribution is 0.398. The van der Waals surface area contributed by atoms with Crippen LogP contribution in [0.15, 0.2) is 36.5 Å².